The van der Waals surface area contributed by atoms with Gasteiger partial charge in [0.05, 0.1) is 16.5 Å². The summed E-state index contributed by atoms with van der Waals surface area (Å²) in [4.78, 5) is 20.3. The molecule has 29 heavy (non-hydrogen) atoms. The summed E-state index contributed by atoms with van der Waals surface area (Å²) < 4.78 is 27.7. The zero-order chi connectivity index (χ0) is 21.2. The highest BCUT2D eigenvalue weighted by atomic mass is 35.5. The molecule has 0 aliphatic carbocycles. The fraction of sp³-hybridized carbons (Fsp3) is 0.353. The molecule has 1 amide bonds. The first-order valence-electron chi connectivity index (χ1n) is 8.84. The molecule has 1 aromatic heterocycles. The molecule has 10 nitrogen and oxygen atoms in total. The number of hydrogen-bond acceptors (Lipinski definition) is 6. The monoisotopic (exact) mass is 440 g/mol. The van der Waals surface area contributed by atoms with Gasteiger partial charge in [-0.2, -0.15) is 9.30 Å². The minimum absolute atomic E-state index is 0.0250. The Labute approximate surface area is 172 Å². The number of hydrogen-bond donors (Lipinski definition) is 4. The van der Waals surface area contributed by atoms with Gasteiger partial charge in [-0.25, -0.2) is 13.4 Å². The second kappa shape index (κ2) is 8.49. The standard InChI is InChI=1S/C17H21ClN6O4S/c18-13-9-22-15(23-17(19)20)12-8-10(3-4-11(12)13)29(27,28)24-6-1-2-14(24)16(26)21-5-7-25/h3-4,8-9,14,25H,1-2,5-7H2,(H,21,26)(H4,19,20,22,23)/t14-/m1/s1. The number of aliphatic imine (C=N–C) groups is 1. The summed E-state index contributed by atoms with van der Waals surface area (Å²) in [5.74, 6) is -0.526. The van der Waals surface area contributed by atoms with E-state index in [0.29, 0.717) is 28.6 Å². The van der Waals surface area contributed by atoms with E-state index in [4.69, 9.17) is 28.2 Å². The van der Waals surface area contributed by atoms with Gasteiger partial charge < -0.3 is 21.9 Å². The average Bonchev–Trinajstić information content (AvgIpc) is 3.18. The number of fused-ring (bicyclic) bond motifs is 1. The largest absolute Gasteiger partial charge is 0.395 e. The molecule has 0 bridgehead atoms. The minimum atomic E-state index is -3.98. The summed E-state index contributed by atoms with van der Waals surface area (Å²) >= 11 is 6.17. The van der Waals surface area contributed by atoms with E-state index < -0.39 is 22.0 Å². The Bertz CT molecular complexity index is 1070. The van der Waals surface area contributed by atoms with E-state index in [1.165, 1.54) is 22.6 Å². The number of amides is 1. The number of pyridine rings is 1. The summed E-state index contributed by atoms with van der Waals surface area (Å²) in [7, 11) is -3.98. The van der Waals surface area contributed by atoms with Gasteiger partial charge in [0.2, 0.25) is 15.9 Å². The molecule has 1 saturated heterocycles. The lowest BCUT2D eigenvalue weighted by atomic mass is 10.1. The normalized spacial score (nSPS) is 17.4. The van der Waals surface area contributed by atoms with Crippen molar-refractivity contribution >= 4 is 50.1 Å². The Morgan fingerprint density at radius 2 is 2.14 bits per heavy atom. The van der Waals surface area contributed by atoms with Crippen LogP contribution in [0.3, 0.4) is 0 Å². The molecule has 1 atom stereocenters. The number of halogens is 1. The molecule has 156 valence electrons. The fourth-order valence-corrected chi connectivity index (χ4v) is 5.16. The molecule has 12 heteroatoms. The van der Waals surface area contributed by atoms with Gasteiger partial charge in [0, 0.05) is 30.1 Å². The molecule has 1 aliphatic heterocycles. The fourth-order valence-electron chi connectivity index (χ4n) is 3.27. The van der Waals surface area contributed by atoms with Crippen molar-refractivity contribution in [3.63, 3.8) is 0 Å². The van der Waals surface area contributed by atoms with Crippen LogP contribution in [0.2, 0.25) is 5.02 Å². The van der Waals surface area contributed by atoms with E-state index in [2.05, 4.69) is 15.3 Å². The smallest absolute Gasteiger partial charge is 0.243 e. The predicted octanol–water partition coefficient (Wildman–Crippen LogP) is 0.0547. The van der Waals surface area contributed by atoms with Crippen LogP contribution >= 0.6 is 11.6 Å². The van der Waals surface area contributed by atoms with Crippen LogP contribution < -0.4 is 16.8 Å². The third-order valence-electron chi connectivity index (χ3n) is 4.55. The molecule has 0 spiro atoms. The quantitative estimate of drug-likeness (QED) is 0.364. The second-order valence-corrected chi connectivity index (χ2v) is 8.76. The Balaban J connectivity index is 2.04. The van der Waals surface area contributed by atoms with Crippen LogP contribution in [0.1, 0.15) is 12.8 Å². The SMILES string of the molecule is NC(N)=Nc1ncc(Cl)c2ccc(S(=O)(=O)N3CCC[C@@H]3C(=O)NCCO)cc12. The molecule has 0 unspecified atom stereocenters. The first-order valence-corrected chi connectivity index (χ1v) is 10.7. The molecular weight excluding hydrogens is 420 g/mol. The van der Waals surface area contributed by atoms with Crippen LogP contribution in [0.25, 0.3) is 10.8 Å². The van der Waals surface area contributed by atoms with Crippen molar-refractivity contribution in [2.75, 3.05) is 19.7 Å². The van der Waals surface area contributed by atoms with Crippen LogP contribution in [0.5, 0.6) is 0 Å². The van der Waals surface area contributed by atoms with Gasteiger partial charge in [0.15, 0.2) is 11.8 Å². The van der Waals surface area contributed by atoms with Gasteiger partial charge >= 0.3 is 0 Å². The maximum atomic E-state index is 13.2. The molecule has 1 fully saturated rings. The highest BCUT2D eigenvalue weighted by Gasteiger charge is 2.39. The van der Waals surface area contributed by atoms with Crippen molar-refractivity contribution in [1.82, 2.24) is 14.6 Å². The van der Waals surface area contributed by atoms with Crippen LogP contribution in [-0.4, -0.2) is 60.4 Å². The lowest BCUT2D eigenvalue weighted by Crippen LogP contribution is -2.46. The van der Waals surface area contributed by atoms with E-state index in [-0.39, 0.29) is 36.4 Å². The van der Waals surface area contributed by atoms with Crippen LogP contribution in [0, 0.1) is 0 Å². The Morgan fingerprint density at radius 3 is 2.83 bits per heavy atom. The van der Waals surface area contributed by atoms with Crippen LogP contribution in [-0.2, 0) is 14.8 Å². The van der Waals surface area contributed by atoms with Crippen molar-refractivity contribution in [1.29, 1.82) is 0 Å². The number of aliphatic hydroxyl groups excluding tert-OH is 1. The molecular formula is C17H21ClN6O4S. The number of nitrogens with two attached hydrogens (primary N) is 2. The van der Waals surface area contributed by atoms with Crippen molar-refractivity contribution in [3.05, 3.63) is 29.4 Å². The number of sulfonamides is 1. The number of nitrogens with zero attached hydrogens (tertiary/aromatic N) is 3. The first-order chi connectivity index (χ1) is 13.8. The van der Waals surface area contributed by atoms with Crippen molar-refractivity contribution in [2.45, 2.75) is 23.8 Å². The molecule has 3 rings (SSSR count). The Kier molecular flexibility index (Phi) is 6.22. The number of nitrogens with one attached hydrogen (secondary N) is 1. The summed E-state index contributed by atoms with van der Waals surface area (Å²) in [6, 6.07) is 3.53. The lowest BCUT2D eigenvalue weighted by molar-refractivity contribution is -0.124. The number of carbonyl (C=O) groups is 1. The maximum absolute atomic E-state index is 13.2. The average molecular weight is 441 g/mol. The highest BCUT2D eigenvalue weighted by molar-refractivity contribution is 7.89. The number of carbonyl (C=O) groups excluding carboxylic acids is 1. The van der Waals surface area contributed by atoms with E-state index in [0.717, 1.165) is 0 Å². The van der Waals surface area contributed by atoms with Crippen molar-refractivity contribution in [3.8, 4) is 0 Å². The van der Waals surface area contributed by atoms with Crippen molar-refractivity contribution in [2.24, 2.45) is 16.5 Å². The van der Waals surface area contributed by atoms with E-state index in [1.54, 1.807) is 6.07 Å². The Morgan fingerprint density at radius 1 is 1.38 bits per heavy atom. The zero-order valence-corrected chi connectivity index (χ0v) is 16.9. The van der Waals surface area contributed by atoms with Crippen LogP contribution in [0.4, 0.5) is 5.82 Å². The van der Waals surface area contributed by atoms with Gasteiger partial charge in [0.25, 0.3) is 0 Å². The number of guanidine groups is 1. The van der Waals surface area contributed by atoms with Gasteiger partial charge in [-0.3, -0.25) is 4.79 Å². The predicted molar refractivity (Wildman–Crippen MR) is 109 cm³/mol. The number of aromatic nitrogens is 1. The van der Waals surface area contributed by atoms with Gasteiger partial charge in [-0.1, -0.05) is 17.7 Å². The van der Waals surface area contributed by atoms with Gasteiger partial charge in [-0.05, 0) is 25.0 Å². The van der Waals surface area contributed by atoms with E-state index >= 15 is 0 Å². The minimum Gasteiger partial charge on any atom is -0.395 e. The lowest BCUT2D eigenvalue weighted by Gasteiger charge is -2.23. The number of rotatable bonds is 6. The number of benzene rings is 1. The summed E-state index contributed by atoms with van der Waals surface area (Å²) in [5.41, 5.74) is 10.9. The van der Waals surface area contributed by atoms with Gasteiger partial charge in [0.1, 0.15) is 6.04 Å². The summed E-state index contributed by atoms with van der Waals surface area (Å²) in [6.45, 7) is 0.0502. The topological polar surface area (TPSA) is 164 Å². The molecule has 0 radical (unpaired) electrons. The van der Waals surface area contributed by atoms with E-state index in [9.17, 15) is 13.2 Å². The molecule has 2 heterocycles. The second-order valence-electron chi connectivity index (χ2n) is 6.46. The third kappa shape index (κ3) is 4.27. The maximum Gasteiger partial charge on any atom is 0.243 e. The Hall–Kier alpha value is -2.47. The molecule has 1 aromatic carbocycles. The third-order valence-corrected chi connectivity index (χ3v) is 6.75. The zero-order valence-electron chi connectivity index (χ0n) is 15.4. The number of aliphatic hydroxyl groups is 1. The molecule has 6 N–H and O–H groups in total. The van der Waals surface area contributed by atoms with Gasteiger partial charge in [-0.15, -0.1) is 0 Å². The summed E-state index contributed by atoms with van der Waals surface area (Å²) in [5, 5.41) is 12.6. The molecule has 0 saturated carbocycles. The van der Waals surface area contributed by atoms with Crippen molar-refractivity contribution < 1.29 is 18.3 Å². The van der Waals surface area contributed by atoms with E-state index in [1.807, 2.05) is 0 Å². The van der Waals surface area contributed by atoms with Crippen LogP contribution in [0.15, 0.2) is 34.3 Å². The molecule has 1 aliphatic rings. The molecule has 2 aromatic rings. The summed E-state index contributed by atoms with van der Waals surface area (Å²) in [6.07, 6.45) is 2.33. The highest BCUT2D eigenvalue weighted by Crippen LogP contribution is 2.33. The first kappa shape index (κ1) is 21.2.